The molecule has 0 aliphatic rings. The highest BCUT2D eigenvalue weighted by Crippen LogP contribution is 2.28. The number of nitriles is 1. The van der Waals surface area contributed by atoms with Gasteiger partial charge in [-0.3, -0.25) is 0 Å². The number of hydrogen-bond acceptors (Lipinski definition) is 7. The number of hydrogen-bond donors (Lipinski definition) is 2. The van der Waals surface area contributed by atoms with Crippen LogP contribution in [0, 0.1) is 11.3 Å². The van der Waals surface area contributed by atoms with Crippen molar-refractivity contribution in [1.29, 1.82) is 5.26 Å². The highest BCUT2D eigenvalue weighted by Gasteiger charge is 2.18. The number of ether oxygens (including phenoxy) is 1. The smallest absolute Gasteiger partial charge is 0.191 e. The van der Waals surface area contributed by atoms with Crippen LogP contribution in [0.3, 0.4) is 0 Å². The molecule has 0 unspecified atom stereocenters. The number of benzene rings is 2. The van der Waals surface area contributed by atoms with E-state index in [1.54, 1.807) is 7.11 Å². The summed E-state index contributed by atoms with van der Waals surface area (Å²) < 4.78 is 7.30. The molecular weight excluding hydrogens is 436 g/mol. The number of unbranched alkanes of at least 4 members (excludes halogenated alkanes) is 1. The Morgan fingerprint density at radius 3 is 2.67 bits per heavy atom. The van der Waals surface area contributed by atoms with E-state index in [1.165, 1.54) is 11.8 Å². The molecule has 4 rings (SSSR count). The Balaban J connectivity index is 1.59. The van der Waals surface area contributed by atoms with Crippen LogP contribution in [-0.4, -0.2) is 42.7 Å². The Morgan fingerprint density at radius 1 is 1.18 bits per heavy atom. The van der Waals surface area contributed by atoms with Crippen molar-refractivity contribution in [3.05, 3.63) is 60.1 Å². The number of aliphatic hydroxyl groups is 1. The summed E-state index contributed by atoms with van der Waals surface area (Å²) in [6.07, 6.45) is 2.00. The summed E-state index contributed by atoms with van der Waals surface area (Å²) in [4.78, 5) is 7.52. The van der Waals surface area contributed by atoms with E-state index in [9.17, 15) is 10.4 Å². The zero-order chi connectivity index (χ0) is 23.2. The molecular formula is C24H24N6O2S. The van der Waals surface area contributed by atoms with Gasteiger partial charge in [0.25, 0.3) is 0 Å². The maximum absolute atomic E-state index is 10.7. The molecule has 9 heteroatoms. The Hall–Kier alpha value is -3.77. The first-order valence-electron chi connectivity index (χ1n) is 10.6. The van der Waals surface area contributed by atoms with Crippen LogP contribution in [-0.2, 0) is 6.54 Å². The van der Waals surface area contributed by atoms with Gasteiger partial charge in [-0.25, -0.2) is 4.98 Å². The molecule has 2 aromatic heterocycles. The van der Waals surface area contributed by atoms with E-state index >= 15 is 0 Å². The second kappa shape index (κ2) is 10.2. The number of methoxy groups -OCH3 is 1. The molecule has 2 N–H and O–H groups in total. The summed E-state index contributed by atoms with van der Waals surface area (Å²) >= 11 is 1.34. The predicted molar refractivity (Wildman–Crippen MR) is 129 cm³/mol. The average molecular weight is 461 g/mol. The molecule has 0 saturated carbocycles. The van der Waals surface area contributed by atoms with E-state index in [1.807, 2.05) is 48.5 Å². The third-order valence-electron chi connectivity index (χ3n) is 5.16. The van der Waals surface area contributed by atoms with E-state index < -0.39 is 0 Å². The van der Waals surface area contributed by atoms with Gasteiger partial charge in [0.05, 0.1) is 23.9 Å². The Morgan fingerprint density at radius 2 is 1.97 bits per heavy atom. The summed E-state index contributed by atoms with van der Waals surface area (Å²) in [5.74, 6) is 2.00. The molecule has 2 heterocycles. The van der Waals surface area contributed by atoms with Crippen LogP contribution in [0.5, 0.6) is 5.75 Å². The largest absolute Gasteiger partial charge is 0.510 e. The first-order valence-corrected chi connectivity index (χ1v) is 11.6. The fourth-order valence-corrected chi connectivity index (χ4v) is 4.24. The molecule has 0 atom stereocenters. The summed E-state index contributed by atoms with van der Waals surface area (Å²) in [5.41, 5.74) is 2.60. The van der Waals surface area contributed by atoms with Gasteiger partial charge < -0.3 is 19.4 Å². The second-order valence-electron chi connectivity index (χ2n) is 7.36. The minimum atomic E-state index is -0.0578. The first kappa shape index (κ1) is 22.4. The van der Waals surface area contributed by atoms with Crippen LogP contribution >= 0.6 is 11.8 Å². The number of aromatic amines is 1. The van der Waals surface area contributed by atoms with Crippen molar-refractivity contribution in [2.45, 2.75) is 31.5 Å². The molecule has 0 saturated heterocycles. The number of thioether (sulfide) groups is 1. The van der Waals surface area contributed by atoms with Crippen molar-refractivity contribution >= 4 is 28.4 Å². The van der Waals surface area contributed by atoms with Crippen LogP contribution in [0.15, 0.2) is 59.4 Å². The van der Waals surface area contributed by atoms with E-state index in [2.05, 4.69) is 37.7 Å². The van der Waals surface area contributed by atoms with Crippen LogP contribution in [0.25, 0.3) is 28.0 Å². The van der Waals surface area contributed by atoms with Crippen LogP contribution in [0.4, 0.5) is 0 Å². The second-order valence-corrected chi connectivity index (χ2v) is 8.31. The molecule has 0 radical (unpaired) electrons. The lowest BCUT2D eigenvalue weighted by atomic mass is 10.2. The SMILES string of the molecule is CCCCn1c(SC/C(O)=C(\C#N)c2nc3ccccc3[nH]2)nnc1-c1ccc(OC)cc1. The van der Waals surface area contributed by atoms with E-state index in [4.69, 9.17) is 4.74 Å². The molecule has 0 aliphatic carbocycles. The fourth-order valence-electron chi connectivity index (χ4n) is 3.40. The minimum Gasteiger partial charge on any atom is -0.510 e. The van der Waals surface area contributed by atoms with Crippen molar-refractivity contribution in [3.8, 4) is 23.2 Å². The molecule has 0 bridgehead atoms. The van der Waals surface area contributed by atoms with Crippen molar-refractivity contribution in [2.24, 2.45) is 0 Å². The number of fused-ring (bicyclic) bond motifs is 1. The van der Waals surface area contributed by atoms with Gasteiger partial charge in [0.2, 0.25) is 0 Å². The van der Waals surface area contributed by atoms with Gasteiger partial charge in [-0.1, -0.05) is 37.2 Å². The van der Waals surface area contributed by atoms with Gasteiger partial charge in [-0.2, -0.15) is 5.26 Å². The van der Waals surface area contributed by atoms with E-state index in [0.717, 1.165) is 47.6 Å². The maximum Gasteiger partial charge on any atom is 0.191 e. The Kier molecular flexibility index (Phi) is 6.95. The fraction of sp³-hybridized carbons (Fsp3) is 0.250. The average Bonchev–Trinajstić information content (AvgIpc) is 3.45. The number of nitrogens with zero attached hydrogens (tertiary/aromatic N) is 5. The lowest BCUT2D eigenvalue weighted by molar-refractivity contribution is 0.415. The normalized spacial score (nSPS) is 11.9. The number of nitrogens with one attached hydrogen (secondary N) is 1. The summed E-state index contributed by atoms with van der Waals surface area (Å²) in [7, 11) is 1.63. The maximum atomic E-state index is 10.7. The van der Waals surface area contributed by atoms with Gasteiger partial charge in [0.1, 0.15) is 23.2 Å². The van der Waals surface area contributed by atoms with Gasteiger partial charge in [-0.15, -0.1) is 10.2 Å². The predicted octanol–water partition coefficient (Wildman–Crippen LogP) is 5.22. The summed E-state index contributed by atoms with van der Waals surface area (Å²) in [5, 5.41) is 29.8. The molecule has 8 nitrogen and oxygen atoms in total. The van der Waals surface area contributed by atoms with Crippen molar-refractivity contribution in [2.75, 3.05) is 12.9 Å². The number of aromatic nitrogens is 5. The third-order valence-corrected chi connectivity index (χ3v) is 6.14. The highest BCUT2D eigenvalue weighted by molar-refractivity contribution is 7.99. The van der Waals surface area contributed by atoms with Crippen LogP contribution in [0.2, 0.25) is 0 Å². The lowest BCUT2D eigenvalue weighted by Gasteiger charge is -2.10. The number of allylic oxidation sites excluding steroid dienone is 1. The van der Waals surface area contributed by atoms with E-state index in [0.29, 0.717) is 11.0 Å². The number of H-pyrrole nitrogens is 1. The molecule has 0 amide bonds. The standard InChI is InChI=1S/C24H24N6O2S/c1-3-4-13-30-23(16-9-11-17(32-2)12-10-16)28-29-24(30)33-15-21(31)18(14-25)22-26-19-7-5-6-8-20(19)27-22/h5-12,31H,3-4,13,15H2,1-2H3,(H,26,27)/b21-18-. The molecule has 168 valence electrons. The summed E-state index contributed by atoms with van der Waals surface area (Å²) in [6, 6.07) is 17.3. The molecule has 0 aliphatic heterocycles. The Bertz CT molecular complexity index is 1280. The van der Waals surface area contributed by atoms with Crippen molar-refractivity contribution in [3.63, 3.8) is 0 Å². The van der Waals surface area contributed by atoms with Crippen LogP contribution < -0.4 is 4.74 Å². The summed E-state index contributed by atoms with van der Waals surface area (Å²) in [6.45, 7) is 2.89. The monoisotopic (exact) mass is 460 g/mol. The zero-order valence-electron chi connectivity index (χ0n) is 18.4. The van der Waals surface area contributed by atoms with Crippen molar-refractivity contribution < 1.29 is 9.84 Å². The number of aliphatic hydroxyl groups excluding tert-OH is 1. The van der Waals surface area contributed by atoms with Gasteiger partial charge in [-0.05, 0) is 42.8 Å². The molecule has 0 spiro atoms. The zero-order valence-corrected chi connectivity index (χ0v) is 19.3. The third kappa shape index (κ3) is 4.86. The number of para-hydroxylation sites is 2. The highest BCUT2D eigenvalue weighted by atomic mass is 32.2. The van der Waals surface area contributed by atoms with E-state index in [-0.39, 0.29) is 17.1 Å². The molecule has 4 aromatic rings. The van der Waals surface area contributed by atoms with Crippen molar-refractivity contribution in [1.82, 2.24) is 24.7 Å². The van der Waals surface area contributed by atoms with Gasteiger partial charge >= 0.3 is 0 Å². The lowest BCUT2D eigenvalue weighted by Crippen LogP contribution is -2.04. The van der Waals surface area contributed by atoms with Gasteiger partial charge in [0, 0.05) is 12.1 Å². The minimum absolute atomic E-state index is 0.0578. The quantitative estimate of drug-likeness (QED) is 0.200. The molecule has 33 heavy (non-hydrogen) atoms. The number of rotatable bonds is 9. The molecule has 0 fully saturated rings. The number of imidazole rings is 1. The Labute approximate surface area is 196 Å². The van der Waals surface area contributed by atoms with Crippen LogP contribution in [0.1, 0.15) is 25.6 Å². The van der Waals surface area contributed by atoms with Gasteiger partial charge in [0.15, 0.2) is 16.8 Å². The molecule has 2 aromatic carbocycles. The topological polar surface area (TPSA) is 113 Å². The first-order chi connectivity index (χ1) is 16.1.